The van der Waals surface area contributed by atoms with E-state index in [2.05, 4.69) is 51.2 Å². The van der Waals surface area contributed by atoms with Crippen molar-refractivity contribution < 1.29 is 0 Å². The zero-order valence-electron chi connectivity index (χ0n) is 15.2. The van der Waals surface area contributed by atoms with Gasteiger partial charge in [0.25, 0.3) is 0 Å². The summed E-state index contributed by atoms with van der Waals surface area (Å²) >= 11 is 0. The van der Waals surface area contributed by atoms with Crippen molar-refractivity contribution >= 4 is 28.3 Å². The fraction of sp³-hybridized carbons (Fsp3) is 0.400. The summed E-state index contributed by atoms with van der Waals surface area (Å²) in [6.07, 6.45) is 12.1. The lowest BCUT2D eigenvalue weighted by Crippen LogP contribution is -2.14. The number of aromatic nitrogens is 3. The van der Waals surface area contributed by atoms with Gasteiger partial charge >= 0.3 is 0 Å². The quantitative estimate of drug-likeness (QED) is 0.277. The van der Waals surface area contributed by atoms with Gasteiger partial charge in [-0.25, -0.2) is 4.98 Å². The first-order valence-corrected chi connectivity index (χ1v) is 9.05. The highest BCUT2D eigenvalue weighted by Crippen LogP contribution is 2.35. The molecule has 1 atom stereocenters. The van der Waals surface area contributed by atoms with Gasteiger partial charge in [0, 0.05) is 29.7 Å². The van der Waals surface area contributed by atoms with Gasteiger partial charge in [-0.15, -0.1) is 0 Å². The first-order chi connectivity index (χ1) is 12.7. The number of aliphatic imine (C=N–C) groups is 1. The molecule has 0 radical (unpaired) electrons. The molecule has 3 heterocycles. The van der Waals surface area contributed by atoms with Gasteiger partial charge in [0.05, 0.1) is 11.7 Å². The van der Waals surface area contributed by atoms with Crippen molar-refractivity contribution in [3.8, 4) is 6.19 Å². The zero-order chi connectivity index (χ0) is 18.4. The van der Waals surface area contributed by atoms with Gasteiger partial charge in [-0.1, -0.05) is 13.8 Å². The Balaban J connectivity index is 1.89. The lowest BCUT2D eigenvalue weighted by Gasteiger charge is -2.21. The number of rotatable bonds is 8. The number of nitrogens with one attached hydrogen (secondary N) is 2. The molecule has 0 amide bonds. The normalized spacial score (nSPS) is 12.8. The Hall–Kier alpha value is -2.94. The maximum atomic E-state index is 8.43. The molecule has 6 nitrogen and oxygen atoms in total. The second-order valence-corrected chi connectivity index (χ2v) is 6.94. The van der Waals surface area contributed by atoms with E-state index in [-0.39, 0.29) is 0 Å². The van der Waals surface area contributed by atoms with Gasteiger partial charge in [0.1, 0.15) is 12.0 Å². The molecular formula is C20H24N6. The number of nitrogens with zero attached hydrogens (tertiary/aromatic N) is 4. The molecule has 0 aliphatic rings. The Morgan fingerprint density at radius 3 is 3.04 bits per heavy atom. The van der Waals surface area contributed by atoms with Gasteiger partial charge < -0.3 is 10.3 Å². The van der Waals surface area contributed by atoms with Crippen LogP contribution in [0.5, 0.6) is 0 Å². The van der Waals surface area contributed by atoms with E-state index >= 15 is 0 Å². The predicted molar refractivity (Wildman–Crippen MR) is 105 cm³/mol. The Morgan fingerprint density at radius 2 is 2.23 bits per heavy atom. The summed E-state index contributed by atoms with van der Waals surface area (Å²) in [4.78, 5) is 15.7. The summed E-state index contributed by atoms with van der Waals surface area (Å²) in [6, 6.07) is 4.24. The molecule has 134 valence electrons. The third kappa shape index (κ3) is 3.99. The number of fused-ring (bicyclic) bond motifs is 3. The molecule has 3 rings (SSSR count). The van der Waals surface area contributed by atoms with Crippen molar-refractivity contribution in [1.29, 1.82) is 5.26 Å². The molecule has 0 fully saturated rings. The number of hydrogen-bond donors (Lipinski definition) is 2. The standard InChI is InChI=1S/C20H24N6/c1-14(2)10-15(4-3-7-22-13-23-12-21)16-5-8-24-18-11-26-20-17(19(16)18)6-9-25-20/h5-6,8-9,11,13-15H,3-4,7,10H2,1-2H3,(H,22,23)(H,25,26). The Kier molecular flexibility index (Phi) is 5.80. The molecular weight excluding hydrogens is 324 g/mol. The van der Waals surface area contributed by atoms with Crippen molar-refractivity contribution in [1.82, 2.24) is 20.3 Å². The highest BCUT2D eigenvalue weighted by atomic mass is 14.9. The van der Waals surface area contributed by atoms with Crippen LogP contribution < -0.4 is 5.32 Å². The Labute approximate surface area is 153 Å². The van der Waals surface area contributed by atoms with E-state index < -0.39 is 0 Å². The predicted octanol–water partition coefficient (Wildman–Crippen LogP) is 4.12. The maximum absolute atomic E-state index is 8.43. The molecule has 0 spiro atoms. The molecule has 6 heteroatoms. The molecule has 0 saturated carbocycles. The van der Waals surface area contributed by atoms with E-state index in [1.165, 1.54) is 17.3 Å². The molecule has 26 heavy (non-hydrogen) atoms. The van der Waals surface area contributed by atoms with Crippen LogP contribution in [0.4, 0.5) is 0 Å². The van der Waals surface area contributed by atoms with Crippen LogP contribution in [0.2, 0.25) is 0 Å². The molecule has 0 bridgehead atoms. The highest BCUT2D eigenvalue weighted by Gasteiger charge is 2.18. The molecule has 0 aliphatic carbocycles. The second-order valence-electron chi connectivity index (χ2n) is 6.94. The van der Waals surface area contributed by atoms with Crippen LogP contribution >= 0.6 is 0 Å². The fourth-order valence-electron chi connectivity index (χ4n) is 3.58. The monoisotopic (exact) mass is 348 g/mol. The summed E-state index contributed by atoms with van der Waals surface area (Å²) in [6.45, 7) is 5.34. The van der Waals surface area contributed by atoms with Gasteiger partial charge in [-0.3, -0.25) is 4.98 Å². The molecule has 0 aliphatic heterocycles. The van der Waals surface area contributed by atoms with Crippen molar-refractivity contribution in [2.75, 3.05) is 6.54 Å². The number of pyridine rings is 2. The Morgan fingerprint density at radius 1 is 1.35 bits per heavy atom. The first kappa shape index (κ1) is 17.9. The van der Waals surface area contributed by atoms with Crippen LogP contribution in [-0.2, 0) is 0 Å². The minimum Gasteiger partial charge on any atom is -0.375 e. The number of hydrogen-bond acceptors (Lipinski definition) is 4. The second kappa shape index (κ2) is 8.43. The van der Waals surface area contributed by atoms with Gasteiger partial charge in [-0.05, 0) is 48.8 Å². The lowest BCUT2D eigenvalue weighted by atomic mass is 9.85. The molecule has 3 aromatic rings. The summed E-state index contributed by atoms with van der Waals surface area (Å²) < 4.78 is 0. The summed E-state index contributed by atoms with van der Waals surface area (Å²) in [5.74, 6) is 1.07. The number of nitriles is 1. The maximum Gasteiger partial charge on any atom is 0.207 e. The van der Waals surface area contributed by atoms with Gasteiger partial charge in [0.2, 0.25) is 6.19 Å². The summed E-state index contributed by atoms with van der Waals surface area (Å²) in [5, 5.41) is 13.8. The average molecular weight is 348 g/mol. The molecule has 0 aromatic carbocycles. The van der Waals surface area contributed by atoms with Crippen molar-refractivity contribution in [3.63, 3.8) is 0 Å². The third-order valence-corrected chi connectivity index (χ3v) is 4.61. The number of aromatic amines is 1. The number of H-pyrrole nitrogens is 1. The third-order valence-electron chi connectivity index (χ3n) is 4.61. The average Bonchev–Trinajstić information content (AvgIpc) is 3.11. The minimum atomic E-state index is 0.454. The molecule has 0 saturated heterocycles. The summed E-state index contributed by atoms with van der Waals surface area (Å²) in [5.41, 5.74) is 3.20. The van der Waals surface area contributed by atoms with E-state index in [0.29, 0.717) is 11.8 Å². The smallest absolute Gasteiger partial charge is 0.207 e. The SMILES string of the molecule is CC(C)CC(CCCN/C=N/C#N)c1ccnc2cnc3[nH]ccc3c12. The minimum absolute atomic E-state index is 0.454. The van der Waals surface area contributed by atoms with E-state index in [4.69, 9.17) is 5.26 Å². The highest BCUT2D eigenvalue weighted by molar-refractivity contribution is 6.05. The van der Waals surface area contributed by atoms with Crippen molar-refractivity contribution in [2.24, 2.45) is 10.9 Å². The van der Waals surface area contributed by atoms with Crippen molar-refractivity contribution in [3.05, 3.63) is 36.3 Å². The van der Waals surface area contributed by atoms with Crippen LogP contribution in [0.3, 0.4) is 0 Å². The largest absolute Gasteiger partial charge is 0.375 e. The summed E-state index contributed by atoms with van der Waals surface area (Å²) in [7, 11) is 0. The van der Waals surface area contributed by atoms with Crippen LogP contribution in [-0.4, -0.2) is 27.8 Å². The zero-order valence-corrected chi connectivity index (χ0v) is 15.2. The molecule has 3 aromatic heterocycles. The van der Waals surface area contributed by atoms with E-state index in [0.717, 1.165) is 42.4 Å². The van der Waals surface area contributed by atoms with Gasteiger partial charge in [0.15, 0.2) is 0 Å². The van der Waals surface area contributed by atoms with Crippen molar-refractivity contribution in [2.45, 2.75) is 39.0 Å². The van der Waals surface area contributed by atoms with Crippen LogP contribution in [0, 0.1) is 17.4 Å². The molecule has 2 N–H and O–H groups in total. The van der Waals surface area contributed by atoms with E-state index in [1.54, 1.807) is 6.19 Å². The van der Waals surface area contributed by atoms with Gasteiger partial charge in [-0.2, -0.15) is 10.3 Å². The topological polar surface area (TPSA) is 89.8 Å². The lowest BCUT2D eigenvalue weighted by molar-refractivity contribution is 0.467. The van der Waals surface area contributed by atoms with Crippen LogP contribution in [0.15, 0.2) is 35.7 Å². The van der Waals surface area contributed by atoms with Crippen LogP contribution in [0.25, 0.3) is 21.9 Å². The van der Waals surface area contributed by atoms with E-state index in [9.17, 15) is 0 Å². The fourth-order valence-corrected chi connectivity index (χ4v) is 3.58. The van der Waals surface area contributed by atoms with Crippen LogP contribution in [0.1, 0.15) is 44.6 Å². The Bertz CT molecular complexity index is 934. The molecule has 1 unspecified atom stereocenters. The first-order valence-electron chi connectivity index (χ1n) is 9.05. The van der Waals surface area contributed by atoms with E-state index in [1.807, 2.05) is 18.6 Å².